The zero-order valence-electron chi connectivity index (χ0n) is 10.9. The molecule has 0 aliphatic heterocycles. The Morgan fingerprint density at radius 1 is 1.30 bits per heavy atom. The smallest absolute Gasteiger partial charge is 0.323 e. The number of rotatable bonds is 4. The van der Waals surface area contributed by atoms with E-state index in [0.29, 0.717) is 5.69 Å². The highest BCUT2D eigenvalue weighted by molar-refractivity contribution is 6.30. The van der Waals surface area contributed by atoms with Gasteiger partial charge >= 0.3 is 6.01 Å². The van der Waals surface area contributed by atoms with Crippen LogP contribution in [-0.4, -0.2) is 21.1 Å². The quantitative estimate of drug-likeness (QED) is 0.902. The molecule has 0 atom stereocenters. The molecule has 0 aliphatic rings. The number of nitrogens with two attached hydrogens (primary N) is 1. The van der Waals surface area contributed by atoms with Gasteiger partial charge in [0.1, 0.15) is 5.82 Å². The maximum atomic E-state index is 13.3. The molecule has 1 aromatic heterocycles. The average Bonchev–Trinajstić information content (AvgIpc) is 2.32. The molecular weight excluding hydrogens is 285 g/mol. The molecule has 0 fully saturated rings. The van der Waals surface area contributed by atoms with Gasteiger partial charge in [0, 0.05) is 5.69 Å². The number of nitrogens with zero attached hydrogens (tertiary/aromatic N) is 3. The fraction of sp³-hybridized carbons (Fsp3) is 0.250. The summed E-state index contributed by atoms with van der Waals surface area (Å²) < 4.78 is 18.7. The lowest BCUT2D eigenvalue weighted by Crippen LogP contribution is -2.11. The SMILES string of the molecule is CC(C)Oc1nc(N)nc(Nc2ccc(Cl)c(F)c2)n1. The third-order valence-corrected chi connectivity index (χ3v) is 2.46. The number of anilines is 3. The van der Waals surface area contributed by atoms with E-state index in [2.05, 4.69) is 20.3 Å². The van der Waals surface area contributed by atoms with Gasteiger partial charge in [-0.3, -0.25) is 0 Å². The van der Waals surface area contributed by atoms with Crippen molar-refractivity contribution in [3.8, 4) is 6.01 Å². The van der Waals surface area contributed by atoms with E-state index < -0.39 is 5.82 Å². The van der Waals surface area contributed by atoms with E-state index in [1.165, 1.54) is 12.1 Å². The molecule has 3 N–H and O–H groups in total. The predicted molar refractivity (Wildman–Crippen MR) is 74.7 cm³/mol. The van der Waals surface area contributed by atoms with E-state index >= 15 is 0 Å². The van der Waals surface area contributed by atoms with Gasteiger partial charge in [-0.15, -0.1) is 0 Å². The Balaban J connectivity index is 2.24. The molecule has 2 rings (SSSR count). The number of hydrogen-bond acceptors (Lipinski definition) is 6. The van der Waals surface area contributed by atoms with E-state index in [4.69, 9.17) is 22.1 Å². The largest absolute Gasteiger partial charge is 0.461 e. The van der Waals surface area contributed by atoms with Crippen LogP contribution in [0.25, 0.3) is 0 Å². The van der Waals surface area contributed by atoms with Gasteiger partial charge in [-0.25, -0.2) is 4.39 Å². The lowest BCUT2D eigenvalue weighted by molar-refractivity contribution is 0.222. The second kappa shape index (κ2) is 5.87. The average molecular weight is 298 g/mol. The van der Waals surface area contributed by atoms with Crippen LogP contribution in [0.5, 0.6) is 6.01 Å². The van der Waals surface area contributed by atoms with Crippen molar-refractivity contribution in [2.24, 2.45) is 0 Å². The molecule has 8 heteroatoms. The predicted octanol–water partition coefficient (Wildman–Crippen LogP) is 2.78. The third kappa shape index (κ3) is 3.67. The summed E-state index contributed by atoms with van der Waals surface area (Å²) in [6.07, 6.45) is -0.0994. The number of halogens is 2. The van der Waals surface area contributed by atoms with Crippen LogP contribution in [0.4, 0.5) is 22.0 Å². The molecular formula is C12H13ClFN5O. The lowest BCUT2D eigenvalue weighted by atomic mass is 10.3. The molecule has 6 nitrogen and oxygen atoms in total. The van der Waals surface area contributed by atoms with Gasteiger partial charge in [0.05, 0.1) is 11.1 Å². The number of hydrogen-bond donors (Lipinski definition) is 2. The molecule has 2 aromatic rings. The van der Waals surface area contributed by atoms with Crippen LogP contribution >= 0.6 is 11.6 Å². The van der Waals surface area contributed by atoms with Crippen LogP contribution in [0.15, 0.2) is 18.2 Å². The maximum absolute atomic E-state index is 13.3. The summed E-state index contributed by atoms with van der Waals surface area (Å²) in [6, 6.07) is 4.35. The van der Waals surface area contributed by atoms with Crippen LogP contribution in [0.1, 0.15) is 13.8 Å². The molecule has 1 aromatic carbocycles. The zero-order chi connectivity index (χ0) is 14.7. The van der Waals surface area contributed by atoms with Crippen molar-refractivity contribution in [1.82, 2.24) is 15.0 Å². The van der Waals surface area contributed by atoms with E-state index in [-0.39, 0.29) is 29.0 Å². The third-order valence-electron chi connectivity index (χ3n) is 2.15. The highest BCUT2D eigenvalue weighted by atomic mass is 35.5. The van der Waals surface area contributed by atoms with E-state index in [0.717, 1.165) is 0 Å². The van der Waals surface area contributed by atoms with Crippen LogP contribution in [0.3, 0.4) is 0 Å². The van der Waals surface area contributed by atoms with E-state index in [1.54, 1.807) is 6.07 Å². The number of ether oxygens (including phenoxy) is 1. The Kier molecular flexibility index (Phi) is 4.19. The fourth-order valence-electron chi connectivity index (χ4n) is 1.39. The summed E-state index contributed by atoms with van der Waals surface area (Å²) in [6.45, 7) is 3.67. The monoisotopic (exact) mass is 297 g/mol. The molecule has 0 spiro atoms. The van der Waals surface area contributed by atoms with E-state index in [9.17, 15) is 4.39 Å². The summed E-state index contributed by atoms with van der Waals surface area (Å²) in [4.78, 5) is 11.8. The first-order valence-corrected chi connectivity index (χ1v) is 6.22. The Morgan fingerprint density at radius 2 is 2.05 bits per heavy atom. The minimum Gasteiger partial charge on any atom is -0.461 e. The Bertz CT molecular complexity index is 623. The fourth-order valence-corrected chi connectivity index (χ4v) is 1.51. The van der Waals surface area contributed by atoms with Crippen LogP contribution < -0.4 is 15.8 Å². The first-order chi connectivity index (χ1) is 9.44. The molecule has 0 aliphatic carbocycles. The number of benzene rings is 1. The van der Waals surface area contributed by atoms with Gasteiger partial charge in [-0.1, -0.05) is 11.6 Å². The summed E-state index contributed by atoms with van der Waals surface area (Å²) >= 11 is 5.61. The normalized spacial score (nSPS) is 10.7. The first-order valence-electron chi connectivity index (χ1n) is 5.84. The zero-order valence-corrected chi connectivity index (χ0v) is 11.6. The van der Waals surface area contributed by atoms with Gasteiger partial charge in [0.15, 0.2) is 0 Å². The van der Waals surface area contributed by atoms with Crippen molar-refractivity contribution >= 4 is 29.2 Å². The summed E-state index contributed by atoms with van der Waals surface area (Å²) in [7, 11) is 0. The minimum atomic E-state index is -0.544. The molecule has 1 heterocycles. The van der Waals surface area contributed by atoms with Gasteiger partial charge < -0.3 is 15.8 Å². The number of nitrogen functional groups attached to an aromatic ring is 1. The minimum absolute atomic E-state index is 0.00702. The van der Waals surface area contributed by atoms with Crippen molar-refractivity contribution in [3.05, 3.63) is 29.0 Å². The van der Waals surface area contributed by atoms with E-state index in [1.807, 2.05) is 13.8 Å². The van der Waals surface area contributed by atoms with Gasteiger partial charge in [-0.05, 0) is 32.0 Å². The van der Waals surface area contributed by atoms with Crippen LogP contribution in [-0.2, 0) is 0 Å². The Morgan fingerprint density at radius 3 is 2.70 bits per heavy atom. The standard InChI is InChI=1S/C12H13ClFN5O/c1-6(2)20-12-18-10(15)17-11(19-12)16-7-3-4-8(13)9(14)5-7/h3-6H,1-2H3,(H3,15,16,17,18,19). The van der Waals surface area contributed by atoms with Crippen molar-refractivity contribution in [1.29, 1.82) is 0 Å². The second-order valence-corrected chi connectivity index (χ2v) is 4.63. The lowest BCUT2D eigenvalue weighted by Gasteiger charge is -2.10. The first kappa shape index (κ1) is 14.3. The Hall–Kier alpha value is -2.15. The molecule has 106 valence electrons. The molecule has 0 bridgehead atoms. The number of aromatic nitrogens is 3. The highest BCUT2D eigenvalue weighted by Gasteiger charge is 2.08. The van der Waals surface area contributed by atoms with Gasteiger partial charge in [-0.2, -0.15) is 15.0 Å². The second-order valence-electron chi connectivity index (χ2n) is 4.22. The van der Waals surface area contributed by atoms with Crippen LogP contribution in [0, 0.1) is 5.82 Å². The molecule has 0 saturated carbocycles. The summed E-state index contributed by atoms with van der Waals surface area (Å²) in [5.74, 6) is -0.375. The molecule has 0 radical (unpaired) electrons. The maximum Gasteiger partial charge on any atom is 0.323 e. The van der Waals surface area contributed by atoms with Crippen molar-refractivity contribution in [2.45, 2.75) is 20.0 Å². The number of nitrogens with one attached hydrogen (secondary N) is 1. The molecule has 0 unspecified atom stereocenters. The topological polar surface area (TPSA) is 86.0 Å². The Labute approximate surface area is 120 Å². The van der Waals surface area contributed by atoms with Crippen LogP contribution in [0.2, 0.25) is 5.02 Å². The van der Waals surface area contributed by atoms with Crippen molar-refractivity contribution in [2.75, 3.05) is 11.1 Å². The highest BCUT2D eigenvalue weighted by Crippen LogP contribution is 2.21. The summed E-state index contributed by atoms with van der Waals surface area (Å²) in [5, 5.41) is 2.84. The molecule has 0 saturated heterocycles. The van der Waals surface area contributed by atoms with Crippen molar-refractivity contribution in [3.63, 3.8) is 0 Å². The molecule has 20 heavy (non-hydrogen) atoms. The van der Waals surface area contributed by atoms with Crippen molar-refractivity contribution < 1.29 is 9.13 Å². The van der Waals surface area contributed by atoms with Gasteiger partial charge in [0.25, 0.3) is 0 Å². The summed E-state index contributed by atoms with van der Waals surface area (Å²) in [5.41, 5.74) is 6.00. The molecule has 0 amide bonds. The van der Waals surface area contributed by atoms with Gasteiger partial charge in [0.2, 0.25) is 11.9 Å².